The molecule has 4 amide bonds. The second-order valence-corrected chi connectivity index (χ2v) is 7.98. The summed E-state index contributed by atoms with van der Waals surface area (Å²) in [6, 6.07) is 4.53. The van der Waals surface area contributed by atoms with Crippen molar-refractivity contribution in [3.05, 3.63) is 47.5 Å². The predicted molar refractivity (Wildman–Crippen MR) is 110 cm³/mol. The fourth-order valence-electron chi connectivity index (χ4n) is 3.66. The van der Waals surface area contributed by atoms with Crippen LogP contribution in [0.25, 0.3) is 0 Å². The number of carbonyl (C=O) groups excluding carboxylic acids is 4. The third-order valence-corrected chi connectivity index (χ3v) is 5.19. The fraction of sp³-hybridized carbons (Fsp3) is 0.455. The van der Waals surface area contributed by atoms with Crippen LogP contribution in [0.5, 0.6) is 0 Å². The molecule has 0 spiro atoms. The summed E-state index contributed by atoms with van der Waals surface area (Å²) in [6.07, 6.45) is 2.35. The number of ether oxygens (including phenoxy) is 1. The first-order valence-electron chi connectivity index (χ1n) is 10.2. The van der Waals surface area contributed by atoms with E-state index in [-0.39, 0.29) is 47.9 Å². The van der Waals surface area contributed by atoms with Gasteiger partial charge in [0.1, 0.15) is 6.61 Å². The van der Waals surface area contributed by atoms with E-state index in [0.29, 0.717) is 43.6 Å². The zero-order chi connectivity index (χ0) is 21.8. The van der Waals surface area contributed by atoms with Crippen molar-refractivity contribution in [3.63, 3.8) is 0 Å². The highest BCUT2D eigenvalue weighted by Crippen LogP contribution is 2.25. The normalized spacial score (nSPS) is 16.6. The summed E-state index contributed by atoms with van der Waals surface area (Å²) in [7, 11) is 0. The SMILES string of the molecule is C=CCOC(=O)N1CCC(NC(=O)c2ccc3c(c2)C(=O)N(CC(C)C)C3=O)CC1. The Balaban J connectivity index is 1.60. The Hall–Kier alpha value is -3.16. The molecule has 1 N–H and O–H groups in total. The minimum absolute atomic E-state index is 0.0796. The zero-order valence-electron chi connectivity index (χ0n) is 17.3. The van der Waals surface area contributed by atoms with Crippen molar-refractivity contribution in [1.82, 2.24) is 15.1 Å². The number of carbonyl (C=O) groups is 4. The van der Waals surface area contributed by atoms with Gasteiger partial charge < -0.3 is 15.0 Å². The topological polar surface area (TPSA) is 96.0 Å². The van der Waals surface area contributed by atoms with Gasteiger partial charge in [-0.3, -0.25) is 19.3 Å². The highest BCUT2D eigenvalue weighted by Gasteiger charge is 2.36. The minimum Gasteiger partial charge on any atom is -0.445 e. The van der Waals surface area contributed by atoms with E-state index in [1.165, 1.54) is 17.0 Å². The van der Waals surface area contributed by atoms with E-state index >= 15 is 0 Å². The first-order valence-corrected chi connectivity index (χ1v) is 10.2. The van der Waals surface area contributed by atoms with Gasteiger partial charge in [-0.15, -0.1) is 0 Å². The molecular weight excluding hydrogens is 386 g/mol. The Kier molecular flexibility index (Phi) is 6.54. The Morgan fingerprint density at radius 1 is 1.20 bits per heavy atom. The summed E-state index contributed by atoms with van der Waals surface area (Å²) in [5, 5.41) is 2.95. The minimum atomic E-state index is -0.382. The van der Waals surface area contributed by atoms with Crippen LogP contribution in [0.3, 0.4) is 0 Å². The van der Waals surface area contributed by atoms with Crippen LogP contribution in [0.15, 0.2) is 30.9 Å². The predicted octanol–water partition coefficient (Wildman–Crippen LogP) is 2.46. The molecule has 2 aliphatic heterocycles. The van der Waals surface area contributed by atoms with Crippen molar-refractivity contribution in [2.24, 2.45) is 5.92 Å². The standard InChI is InChI=1S/C22H27N3O5/c1-4-11-30-22(29)24-9-7-16(8-10-24)23-19(26)15-5-6-17-18(12-15)21(28)25(20(17)27)13-14(2)3/h4-6,12,14,16H,1,7-11,13H2,2-3H3,(H,23,26). The summed E-state index contributed by atoms with van der Waals surface area (Å²) in [5.74, 6) is -0.806. The lowest BCUT2D eigenvalue weighted by molar-refractivity contribution is 0.0635. The number of benzene rings is 1. The number of fused-ring (bicyclic) bond motifs is 1. The van der Waals surface area contributed by atoms with Crippen molar-refractivity contribution in [2.45, 2.75) is 32.7 Å². The lowest BCUT2D eigenvalue weighted by Gasteiger charge is -2.31. The molecule has 2 heterocycles. The summed E-state index contributed by atoms with van der Waals surface area (Å²) >= 11 is 0. The molecule has 2 aliphatic rings. The molecule has 160 valence electrons. The van der Waals surface area contributed by atoms with Crippen molar-refractivity contribution < 1.29 is 23.9 Å². The molecule has 1 saturated heterocycles. The first-order chi connectivity index (χ1) is 14.3. The molecule has 1 aromatic rings. The number of imide groups is 1. The molecule has 0 bridgehead atoms. The van der Waals surface area contributed by atoms with Crippen LogP contribution < -0.4 is 5.32 Å². The molecule has 0 atom stereocenters. The molecular formula is C22H27N3O5. The smallest absolute Gasteiger partial charge is 0.410 e. The third-order valence-electron chi connectivity index (χ3n) is 5.19. The van der Waals surface area contributed by atoms with Gasteiger partial charge in [-0.05, 0) is 37.0 Å². The van der Waals surface area contributed by atoms with Gasteiger partial charge in [0.25, 0.3) is 17.7 Å². The monoisotopic (exact) mass is 413 g/mol. The van der Waals surface area contributed by atoms with Crippen molar-refractivity contribution in [1.29, 1.82) is 0 Å². The highest BCUT2D eigenvalue weighted by molar-refractivity contribution is 6.22. The van der Waals surface area contributed by atoms with Crippen LogP contribution in [0.1, 0.15) is 57.8 Å². The van der Waals surface area contributed by atoms with Gasteiger partial charge in [-0.1, -0.05) is 26.5 Å². The summed E-state index contributed by atoms with van der Waals surface area (Å²) in [6.45, 7) is 8.88. The Morgan fingerprint density at radius 3 is 2.50 bits per heavy atom. The number of piperidine rings is 1. The Labute approximate surface area is 175 Å². The molecule has 0 radical (unpaired) electrons. The van der Waals surface area contributed by atoms with Gasteiger partial charge in [0.05, 0.1) is 11.1 Å². The van der Waals surface area contributed by atoms with Crippen molar-refractivity contribution in [3.8, 4) is 0 Å². The van der Waals surface area contributed by atoms with Crippen LogP contribution in [0, 0.1) is 5.92 Å². The molecule has 3 rings (SSSR count). The van der Waals surface area contributed by atoms with Gasteiger partial charge in [0, 0.05) is 31.2 Å². The molecule has 0 aliphatic carbocycles. The van der Waals surface area contributed by atoms with Gasteiger partial charge >= 0.3 is 6.09 Å². The van der Waals surface area contributed by atoms with E-state index in [1.807, 2.05) is 13.8 Å². The van der Waals surface area contributed by atoms with E-state index in [2.05, 4.69) is 11.9 Å². The van der Waals surface area contributed by atoms with Gasteiger partial charge in [0.2, 0.25) is 0 Å². The number of likely N-dealkylation sites (tertiary alicyclic amines) is 1. The molecule has 30 heavy (non-hydrogen) atoms. The Morgan fingerprint density at radius 2 is 1.87 bits per heavy atom. The molecule has 1 aromatic carbocycles. The summed E-state index contributed by atoms with van der Waals surface area (Å²) < 4.78 is 5.03. The van der Waals surface area contributed by atoms with Crippen molar-refractivity contribution in [2.75, 3.05) is 26.2 Å². The lowest BCUT2D eigenvalue weighted by atomic mass is 10.0. The second-order valence-electron chi connectivity index (χ2n) is 7.98. The van der Waals surface area contributed by atoms with Gasteiger partial charge in [0.15, 0.2) is 0 Å². The van der Waals surface area contributed by atoms with Crippen molar-refractivity contribution >= 4 is 23.8 Å². The summed E-state index contributed by atoms with van der Waals surface area (Å²) in [4.78, 5) is 52.4. The number of hydrogen-bond acceptors (Lipinski definition) is 5. The second kappa shape index (κ2) is 9.11. The van der Waals surface area contributed by atoms with E-state index in [0.717, 1.165) is 0 Å². The van der Waals surface area contributed by atoms with Crippen LogP contribution >= 0.6 is 0 Å². The molecule has 1 fully saturated rings. The van der Waals surface area contributed by atoms with Crippen LogP contribution in [0.4, 0.5) is 4.79 Å². The fourth-order valence-corrected chi connectivity index (χ4v) is 3.66. The number of amides is 4. The highest BCUT2D eigenvalue weighted by atomic mass is 16.6. The van der Waals surface area contributed by atoms with Gasteiger partial charge in [-0.2, -0.15) is 0 Å². The van der Waals surface area contributed by atoms with Crippen LogP contribution in [-0.2, 0) is 4.74 Å². The average molecular weight is 413 g/mol. The molecule has 0 saturated carbocycles. The van der Waals surface area contributed by atoms with E-state index < -0.39 is 0 Å². The quantitative estimate of drug-likeness (QED) is 0.571. The maximum atomic E-state index is 12.7. The van der Waals surface area contributed by atoms with Gasteiger partial charge in [-0.25, -0.2) is 4.79 Å². The maximum Gasteiger partial charge on any atom is 0.410 e. The molecule has 0 aromatic heterocycles. The lowest BCUT2D eigenvalue weighted by Crippen LogP contribution is -2.46. The third kappa shape index (κ3) is 4.53. The van der Waals surface area contributed by atoms with Crippen LogP contribution in [0.2, 0.25) is 0 Å². The maximum absolute atomic E-state index is 12.7. The van der Waals surface area contributed by atoms with Crippen LogP contribution in [-0.4, -0.2) is 65.9 Å². The number of rotatable bonds is 6. The molecule has 8 heteroatoms. The zero-order valence-corrected chi connectivity index (χ0v) is 17.3. The Bertz CT molecular complexity index is 872. The molecule has 0 unspecified atom stereocenters. The largest absolute Gasteiger partial charge is 0.445 e. The molecule has 8 nitrogen and oxygen atoms in total. The summed E-state index contributed by atoms with van der Waals surface area (Å²) in [5.41, 5.74) is 0.950. The number of nitrogens with one attached hydrogen (secondary N) is 1. The first kappa shape index (κ1) is 21.5. The van der Waals surface area contributed by atoms with E-state index in [4.69, 9.17) is 4.74 Å². The average Bonchev–Trinajstić information content (AvgIpc) is 2.96. The number of nitrogens with zero attached hydrogens (tertiary/aromatic N) is 2. The van der Waals surface area contributed by atoms with E-state index in [1.54, 1.807) is 17.0 Å². The number of hydrogen-bond donors (Lipinski definition) is 1. The van der Waals surface area contributed by atoms with E-state index in [9.17, 15) is 19.2 Å².